The van der Waals surface area contributed by atoms with Gasteiger partial charge in [0.1, 0.15) is 0 Å². The molecular weight excluding hydrogens is 270 g/mol. The van der Waals surface area contributed by atoms with Gasteiger partial charge in [-0.15, -0.1) is 0 Å². The van der Waals surface area contributed by atoms with E-state index in [1.54, 1.807) is 24.3 Å². The molecule has 1 aromatic rings. The number of esters is 1. The van der Waals surface area contributed by atoms with Gasteiger partial charge in [0.15, 0.2) is 6.61 Å². The molecule has 1 rings (SSSR count). The number of ether oxygens (including phenoxy) is 1. The largest absolute Gasteiger partial charge is 0.452 e. The number of benzene rings is 1. The van der Waals surface area contributed by atoms with Gasteiger partial charge in [-0.25, -0.2) is 4.79 Å². The predicted octanol–water partition coefficient (Wildman–Crippen LogP) is 1.55. The van der Waals surface area contributed by atoms with Crippen molar-refractivity contribution in [1.82, 2.24) is 5.32 Å². The van der Waals surface area contributed by atoms with Crippen LogP contribution in [0.25, 0.3) is 0 Å². The Balaban J connectivity index is 2.30. The van der Waals surface area contributed by atoms with Crippen LogP contribution in [0.1, 0.15) is 12.5 Å². The Kier molecular flexibility index (Phi) is 7.21. The highest BCUT2D eigenvalue weighted by molar-refractivity contribution is 5.97. The monoisotopic (exact) mass is 287 g/mol. The van der Waals surface area contributed by atoms with Crippen LogP contribution in [0, 0.1) is 0 Å². The third-order valence-electron chi connectivity index (χ3n) is 2.37. The van der Waals surface area contributed by atoms with E-state index in [1.165, 1.54) is 12.2 Å². The van der Waals surface area contributed by atoms with Gasteiger partial charge in [-0.05, 0) is 12.5 Å². The number of imide groups is 1. The topological polar surface area (TPSA) is 72.5 Å². The van der Waals surface area contributed by atoms with Crippen LogP contribution in [-0.2, 0) is 25.5 Å². The Labute approximate surface area is 123 Å². The Hall–Kier alpha value is -2.69. The van der Waals surface area contributed by atoms with Crippen LogP contribution in [-0.4, -0.2) is 24.4 Å². The summed E-state index contributed by atoms with van der Waals surface area (Å²) in [5.41, 5.74) is 0.800. The number of allylic oxidation sites excluding steroid dienone is 3. The standard InChI is InChI=1S/C16H17NO4/c1-2-3-5-10-16(20)21-12-15(19)17-14(18)11-13-8-6-4-7-9-13/h2-10H,11-12H2,1H3,(H,17,18,19)/b3-2+,10-5+. The lowest BCUT2D eigenvalue weighted by Crippen LogP contribution is -2.35. The Bertz CT molecular complexity index is 547. The predicted molar refractivity (Wildman–Crippen MR) is 78.2 cm³/mol. The van der Waals surface area contributed by atoms with Gasteiger partial charge in [-0.1, -0.05) is 48.6 Å². The molecule has 0 fully saturated rings. The van der Waals surface area contributed by atoms with Gasteiger partial charge in [-0.2, -0.15) is 0 Å². The molecule has 0 bridgehead atoms. The lowest BCUT2D eigenvalue weighted by atomic mass is 10.1. The number of carbonyl (C=O) groups excluding carboxylic acids is 3. The van der Waals surface area contributed by atoms with E-state index >= 15 is 0 Å². The van der Waals surface area contributed by atoms with E-state index in [2.05, 4.69) is 10.1 Å². The van der Waals surface area contributed by atoms with Crippen LogP contribution < -0.4 is 5.32 Å². The van der Waals surface area contributed by atoms with Crippen molar-refractivity contribution in [1.29, 1.82) is 0 Å². The number of hydrogen-bond acceptors (Lipinski definition) is 4. The summed E-state index contributed by atoms with van der Waals surface area (Å²) in [7, 11) is 0. The number of hydrogen-bond donors (Lipinski definition) is 1. The molecule has 2 amide bonds. The van der Waals surface area contributed by atoms with Crippen molar-refractivity contribution in [3.63, 3.8) is 0 Å². The molecule has 0 unspecified atom stereocenters. The van der Waals surface area contributed by atoms with E-state index in [9.17, 15) is 14.4 Å². The molecule has 1 aromatic carbocycles. The molecule has 0 aromatic heterocycles. The summed E-state index contributed by atoms with van der Waals surface area (Å²) in [5.74, 6) is -1.73. The Morgan fingerprint density at radius 1 is 1.10 bits per heavy atom. The second-order valence-electron chi connectivity index (χ2n) is 4.13. The van der Waals surface area contributed by atoms with Crippen molar-refractivity contribution in [2.75, 3.05) is 6.61 Å². The first-order chi connectivity index (χ1) is 10.1. The van der Waals surface area contributed by atoms with Gasteiger partial charge in [0.25, 0.3) is 5.91 Å². The maximum absolute atomic E-state index is 11.6. The Morgan fingerprint density at radius 2 is 1.81 bits per heavy atom. The lowest BCUT2D eigenvalue weighted by Gasteiger charge is -2.04. The molecule has 0 radical (unpaired) electrons. The zero-order chi connectivity index (χ0) is 15.5. The summed E-state index contributed by atoms with van der Waals surface area (Å²) in [6, 6.07) is 9.03. The highest BCUT2D eigenvalue weighted by Gasteiger charge is 2.10. The third kappa shape index (κ3) is 7.47. The molecule has 0 aliphatic carbocycles. The molecule has 0 aliphatic heterocycles. The summed E-state index contributed by atoms with van der Waals surface area (Å²) >= 11 is 0. The van der Waals surface area contributed by atoms with Gasteiger partial charge < -0.3 is 4.74 Å². The molecule has 0 heterocycles. The van der Waals surface area contributed by atoms with Crippen molar-refractivity contribution in [3.05, 3.63) is 60.2 Å². The van der Waals surface area contributed by atoms with Crippen LogP contribution in [0.2, 0.25) is 0 Å². The van der Waals surface area contributed by atoms with Crippen LogP contribution in [0.3, 0.4) is 0 Å². The lowest BCUT2D eigenvalue weighted by molar-refractivity contribution is -0.145. The van der Waals surface area contributed by atoms with E-state index in [1.807, 2.05) is 25.1 Å². The Morgan fingerprint density at radius 3 is 2.48 bits per heavy atom. The maximum atomic E-state index is 11.6. The zero-order valence-corrected chi connectivity index (χ0v) is 11.7. The minimum atomic E-state index is -0.649. The van der Waals surface area contributed by atoms with Gasteiger partial charge in [0.2, 0.25) is 5.91 Å². The minimum Gasteiger partial charge on any atom is -0.452 e. The zero-order valence-electron chi connectivity index (χ0n) is 11.7. The highest BCUT2D eigenvalue weighted by Crippen LogP contribution is 1.99. The second-order valence-corrected chi connectivity index (χ2v) is 4.13. The molecule has 1 N–H and O–H groups in total. The van der Waals surface area contributed by atoms with E-state index < -0.39 is 24.4 Å². The molecule has 110 valence electrons. The van der Waals surface area contributed by atoms with Crippen LogP contribution >= 0.6 is 0 Å². The summed E-state index contributed by atoms with van der Waals surface area (Å²) in [4.78, 5) is 34.2. The first kappa shape index (κ1) is 16.4. The van der Waals surface area contributed by atoms with Crippen molar-refractivity contribution >= 4 is 17.8 Å². The highest BCUT2D eigenvalue weighted by atomic mass is 16.5. The molecule has 5 nitrogen and oxygen atoms in total. The minimum absolute atomic E-state index is 0.0989. The molecule has 21 heavy (non-hydrogen) atoms. The van der Waals surface area contributed by atoms with E-state index in [0.29, 0.717) is 0 Å². The molecule has 0 saturated heterocycles. The molecule has 5 heteroatoms. The summed E-state index contributed by atoms with van der Waals surface area (Å²) in [5, 5.41) is 2.16. The molecule has 0 saturated carbocycles. The summed E-state index contributed by atoms with van der Waals surface area (Å²) < 4.78 is 4.68. The van der Waals surface area contributed by atoms with E-state index in [0.717, 1.165) is 5.56 Å². The molecule has 0 atom stereocenters. The van der Waals surface area contributed by atoms with Gasteiger partial charge >= 0.3 is 5.97 Å². The number of amides is 2. The van der Waals surface area contributed by atoms with Crippen molar-refractivity contribution < 1.29 is 19.1 Å². The summed E-state index contributed by atoms with van der Waals surface area (Å²) in [6.07, 6.45) is 6.20. The first-order valence-corrected chi connectivity index (χ1v) is 6.44. The quantitative estimate of drug-likeness (QED) is 0.489. The molecule has 0 spiro atoms. The fraction of sp³-hybridized carbons (Fsp3) is 0.188. The van der Waals surface area contributed by atoms with Crippen molar-refractivity contribution in [3.8, 4) is 0 Å². The average molecular weight is 287 g/mol. The second kappa shape index (κ2) is 9.25. The number of carbonyl (C=O) groups is 3. The maximum Gasteiger partial charge on any atom is 0.331 e. The van der Waals surface area contributed by atoms with Crippen molar-refractivity contribution in [2.45, 2.75) is 13.3 Å². The third-order valence-corrected chi connectivity index (χ3v) is 2.37. The fourth-order valence-corrected chi connectivity index (χ4v) is 1.45. The molecular formula is C16H17NO4. The van der Waals surface area contributed by atoms with Gasteiger partial charge in [0, 0.05) is 6.08 Å². The fourth-order valence-electron chi connectivity index (χ4n) is 1.45. The van der Waals surface area contributed by atoms with E-state index in [4.69, 9.17) is 0 Å². The SMILES string of the molecule is C/C=C/C=C/C(=O)OCC(=O)NC(=O)Cc1ccccc1. The van der Waals surface area contributed by atoms with Crippen LogP contribution in [0.5, 0.6) is 0 Å². The smallest absolute Gasteiger partial charge is 0.331 e. The molecule has 0 aliphatic rings. The van der Waals surface area contributed by atoms with Gasteiger partial charge in [0.05, 0.1) is 6.42 Å². The average Bonchev–Trinajstić information content (AvgIpc) is 2.46. The van der Waals surface area contributed by atoms with Crippen LogP contribution in [0.15, 0.2) is 54.6 Å². The van der Waals surface area contributed by atoms with Crippen molar-refractivity contribution in [2.24, 2.45) is 0 Å². The van der Waals surface area contributed by atoms with Crippen LogP contribution in [0.4, 0.5) is 0 Å². The number of nitrogens with one attached hydrogen (secondary N) is 1. The number of rotatable bonds is 6. The summed E-state index contributed by atoms with van der Waals surface area (Å²) in [6.45, 7) is 1.32. The van der Waals surface area contributed by atoms with E-state index in [-0.39, 0.29) is 6.42 Å². The first-order valence-electron chi connectivity index (χ1n) is 6.44. The normalized spacial score (nSPS) is 10.7. The van der Waals surface area contributed by atoms with Gasteiger partial charge in [-0.3, -0.25) is 14.9 Å².